The third kappa shape index (κ3) is 3.79. The van der Waals surface area contributed by atoms with E-state index in [0.29, 0.717) is 44.6 Å². The molecule has 1 N–H and O–H groups in total. The van der Waals surface area contributed by atoms with Crippen LogP contribution < -0.4 is 15.9 Å². The topological polar surface area (TPSA) is 92.8 Å². The summed E-state index contributed by atoms with van der Waals surface area (Å²) < 4.78 is 9.36. The van der Waals surface area contributed by atoms with E-state index in [2.05, 4.69) is 11.1 Å². The molecule has 5 rings (SSSR count). The van der Waals surface area contributed by atoms with Crippen LogP contribution in [0.2, 0.25) is 0 Å². The summed E-state index contributed by atoms with van der Waals surface area (Å²) in [5.41, 5.74) is 4.99. The highest BCUT2D eigenvalue weighted by atomic mass is 16.5. The molecule has 2 aromatic carbocycles. The number of aryl methyl sites for hydroxylation is 4. The van der Waals surface area contributed by atoms with E-state index in [9.17, 15) is 14.9 Å². The molecule has 5 aromatic rings. The summed E-state index contributed by atoms with van der Waals surface area (Å²) in [5.74, 6) is 1.21. The van der Waals surface area contributed by atoms with Gasteiger partial charge in [-0.05, 0) is 37.1 Å². The van der Waals surface area contributed by atoms with Gasteiger partial charge in [0.05, 0.1) is 17.8 Å². The minimum absolute atomic E-state index is 0.202. The Morgan fingerprint density at radius 3 is 2.31 bits per heavy atom. The third-order valence-electron chi connectivity index (χ3n) is 6.41. The zero-order valence-electron chi connectivity index (χ0n) is 20.4. The summed E-state index contributed by atoms with van der Waals surface area (Å²) in [6.45, 7) is 3.94. The predicted molar refractivity (Wildman–Crippen MR) is 140 cm³/mol. The monoisotopic (exact) mass is 476 g/mol. The average molecular weight is 477 g/mol. The fourth-order valence-corrected chi connectivity index (χ4v) is 4.48. The highest BCUT2D eigenvalue weighted by molar-refractivity contribution is 5.99. The molecule has 0 amide bonds. The number of fused-ring (bicyclic) bond motifs is 1. The third-order valence-corrected chi connectivity index (χ3v) is 6.41. The summed E-state index contributed by atoms with van der Waals surface area (Å²) in [6, 6.07) is 18.7. The first-order chi connectivity index (χ1) is 17.3. The number of benzene rings is 2. The maximum absolute atomic E-state index is 13.1. The number of nitriles is 1. The van der Waals surface area contributed by atoms with Crippen molar-refractivity contribution < 1.29 is 4.74 Å². The summed E-state index contributed by atoms with van der Waals surface area (Å²) in [6.07, 6.45) is 3.38. The zero-order valence-corrected chi connectivity index (χ0v) is 20.4. The maximum Gasteiger partial charge on any atom is 0.274 e. The van der Waals surface area contributed by atoms with Crippen molar-refractivity contribution in [2.75, 3.05) is 0 Å². The second-order valence-electron chi connectivity index (χ2n) is 8.91. The summed E-state index contributed by atoms with van der Waals surface area (Å²) >= 11 is 0. The van der Waals surface area contributed by atoms with Crippen LogP contribution in [0.1, 0.15) is 16.7 Å². The number of hydrogen-bond acceptors (Lipinski definition) is 4. The molecule has 0 atom stereocenters. The number of pyridine rings is 2. The summed E-state index contributed by atoms with van der Waals surface area (Å²) in [7, 11) is 3.34. The van der Waals surface area contributed by atoms with Gasteiger partial charge in [0.15, 0.2) is 5.75 Å². The minimum Gasteiger partial charge on any atom is -0.455 e. The lowest BCUT2D eigenvalue weighted by atomic mass is 10.0. The molecule has 0 aliphatic rings. The van der Waals surface area contributed by atoms with Crippen molar-refractivity contribution in [2.45, 2.75) is 13.8 Å². The lowest BCUT2D eigenvalue weighted by molar-refractivity contribution is 0.470. The molecule has 36 heavy (non-hydrogen) atoms. The molecule has 0 aliphatic carbocycles. The number of rotatable bonds is 4. The minimum atomic E-state index is -0.213. The number of hydrogen-bond donors (Lipinski definition) is 1. The fraction of sp³-hybridized carbons (Fsp3) is 0.138. The van der Waals surface area contributed by atoms with Crippen LogP contribution in [0.25, 0.3) is 33.3 Å². The number of para-hydroxylation sites is 1. The first-order valence-electron chi connectivity index (χ1n) is 11.5. The first kappa shape index (κ1) is 22.9. The van der Waals surface area contributed by atoms with E-state index < -0.39 is 0 Å². The van der Waals surface area contributed by atoms with E-state index in [1.807, 2.05) is 50.2 Å². The van der Waals surface area contributed by atoms with Crippen LogP contribution in [-0.4, -0.2) is 14.1 Å². The van der Waals surface area contributed by atoms with Crippen molar-refractivity contribution >= 4 is 10.9 Å². The first-order valence-corrected chi connectivity index (χ1v) is 11.5. The van der Waals surface area contributed by atoms with Gasteiger partial charge in [0.25, 0.3) is 11.1 Å². The van der Waals surface area contributed by atoms with E-state index in [0.717, 1.165) is 16.9 Å². The van der Waals surface area contributed by atoms with Gasteiger partial charge in [-0.3, -0.25) is 9.59 Å². The molecule has 0 radical (unpaired) electrons. The SMILES string of the molecule is Cc1cccc(C)c1Oc1cn(C)c(=O)cc1-c1cn(C)c(=O)c2[nH]c(-c3ccccc3C#N)cc12. The smallest absolute Gasteiger partial charge is 0.274 e. The second kappa shape index (κ2) is 8.75. The molecule has 0 fully saturated rings. The summed E-state index contributed by atoms with van der Waals surface area (Å²) in [5, 5.41) is 10.2. The van der Waals surface area contributed by atoms with Crippen molar-refractivity contribution in [3.8, 4) is 40.0 Å². The quantitative estimate of drug-likeness (QED) is 0.387. The second-order valence-corrected chi connectivity index (χ2v) is 8.91. The number of nitrogens with one attached hydrogen (secondary N) is 1. The van der Waals surface area contributed by atoms with E-state index in [1.165, 1.54) is 15.2 Å². The van der Waals surface area contributed by atoms with Gasteiger partial charge in [0.2, 0.25) is 0 Å². The molecule has 3 aromatic heterocycles. The van der Waals surface area contributed by atoms with E-state index in [4.69, 9.17) is 4.74 Å². The van der Waals surface area contributed by atoms with Crippen molar-refractivity contribution in [1.29, 1.82) is 5.26 Å². The molecular weight excluding hydrogens is 452 g/mol. The lowest BCUT2D eigenvalue weighted by Gasteiger charge is -2.17. The molecule has 7 nitrogen and oxygen atoms in total. The molecule has 0 saturated heterocycles. The van der Waals surface area contributed by atoms with Crippen LogP contribution in [0.5, 0.6) is 11.5 Å². The average Bonchev–Trinajstić information content (AvgIpc) is 3.31. The Morgan fingerprint density at radius 2 is 1.58 bits per heavy atom. The van der Waals surface area contributed by atoms with Crippen LogP contribution in [-0.2, 0) is 14.1 Å². The Bertz CT molecular complexity index is 1800. The maximum atomic E-state index is 13.1. The highest BCUT2D eigenvalue weighted by Crippen LogP contribution is 2.38. The number of aromatic nitrogens is 3. The fourth-order valence-electron chi connectivity index (χ4n) is 4.48. The van der Waals surface area contributed by atoms with Gasteiger partial charge in [-0.25, -0.2) is 0 Å². The molecule has 7 heteroatoms. The molecular formula is C29H24N4O3. The molecule has 0 spiro atoms. The predicted octanol–water partition coefficient (Wildman–Crippen LogP) is 5.18. The van der Waals surface area contributed by atoms with Crippen LogP contribution in [0.4, 0.5) is 0 Å². The number of nitrogens with zero attached hydrogens (tertiary/aromatic N) is 3. The molecule has 0 bridgehead atoms. The number of ether oxygens (including phenoxy) is 1. The molecule has 0 aliphatic heterocycles. The van der Waals surface area contributed by atoms with Gasteiger partial charge in [0, 0.05) is 54.1 Å². The Hall–Kier alpha value is -4.83. The van der Waals surface area contributed by atoms with Gasteiger partial charge < -0.3 is 18.9 Å². The van der Waals surface area contributed by atoms with E-state index >= 15 is 0 Å². The van der Waals surface area contributed by atoms with E-state index in [-0.39, 0.29) is 11.1 Å². The molecule has 0 saturated carbocycles. The van der Waals surface area contributed by atoms with Crippen molar-refractivity contribution in [1.82, 2.24) is 14.1 Å². The number of H-pyrrole nitrogens is 1. The van der Waals surface area contributed by atoms with Crippen molar-refractivity contribution in [2.24, 2.45) is 14.1 Å². The normalized spacial score (nSPS) is 11.0. The number of aromatic amines is 1. The molecule has 3 heterocycles. The van der Waals surface area contributed by atoms with Crippen molar-refractivity contribution in [3.05, 3.63) is 104 Å². The molecule has 0 unspecified atom stereocenters. The summed E-state index contributed by atoms with van der Waals surface area (Å²) in [4.78, 5) is 29.0. The molecule has 178 valence electrons. The van der Waals surface area contributed by atoms with Crippen molar-refractivity contribution in [3.63, 3.8) is 0 Å². The lowest BCUT2D eigenvalue weighted by Crippen LogP contribution is -2.18. The van der Waals surface area contributed by atoms with Crippen LogP contribution in [0.15, 0.2) is 76.6 Å². The Morgan fingerprint density at radius 1 is 0.861 bits per heavy atom. The Balaban J connectivity index is 1.79. The van der Waals surface area contributed by atoms with Gasteiger partial charge >= 0.3 is 0 Å². The highest BCUT2D eigenvalue weighted by Gasteiger charge is 2.19. The van der Waals surface area contributed by atoms with Gasteiger partial charge in [-0.15, -0.1) is 0 Å². The van der Waals surface area contributed by atoms with Crippen LogP contribution >= 0.6 is 0 Å². The van der Waals surface area contributed by atoms with Gasteiger partial charge in [0.1, 0.15) is 11.3 Å². The largest absolute Gasteiger partial charge is 0.455 e. The Labute approximate surface area is 207 Å². The zero-order chi connectivity index (χ0) is 25.6. The van der Waals surface area contributed by atoms with E-state index in [1.54, 1.807) is 38.6 Å². The van der Waals surface area contributed by atoms with Gasteiger partial charge in [-0.2, -0.15) is 5.26 Å². The Kier molecular flexibility index (Phi) is 5.57. The van der Waals surface area contributed by atoms with Gasteiger partial charge in [-0.1, -0.05) is 36.4 Å². The standard InChI is InChI=1S/C29H24N4O3/c1-17-8-7-9-18(2)28(17)36-25-16-32(3)26(34)13-21(25)23-15-33(4)29(35)27-22(23)12-24(31-27)20-11-6-5-10-19(20)14-30/h5-13,15-16,31H,1-4H3. The van der Waals surface area contributed by atoms with Crippen LogP contribution in [0, 0.1) is 25.2 Å². The van der Waals surface area contributed by atoms with Crippen LogP contribution in [0.3, 0.4) is 0 Å².